The van der Waals surface area contributed by atoms with Gasteiger partial charge in [-0.3, -0.25) is 9.59 Å². The molecule has 0 aromatic heterocycles. The largest absolute Gasteiger partial charge is 0.493 e. The van der Waals surface area contributed by atoms with Gasteiger partial charge in [-0.05, 0) is 24.3 Å². The minimum absolute atomic E-state index is 0.222. The van der Waals surface area contributed by atoms with E-state index >= 15 is 0 Å². The van der Waals surface area contributed by atoms with Gasteiger partial charge in [-0.1, -0.05) is 18.2 Å². The summed E-state index contributed by atoms with van der Waals surface area (Å²) in [6.45, 7) is 1.85. The van der Waals surface area contributed by atoms with E-state index in [2.05, 4.69) is 10.2 Å². The standard InChI is InChI=1S/C23H29N3O6/c1-30-19-13-16(14-20(31-2)21(19)32-3)22(28)24-18(15-27)23(29)26-11-9-25(10-12-26)17-7-5-4-6-8-17/h4-8,13-14,18,27H,9-12,15H2,1-3H3,(H,24,28)/t18-/m0/s1. The van der Waals surface area contributed by atoms with Gasteiger partial charge in [-0.2, -0.15) is 0 Å². The lowest BCUT2D eigenvalue weighted by molar-refractivity contribution is -0.134. The average Bonchev–Trinajstić information content (AvgIpc) is 2.86. The first-order chi connectivity index (χ1) is 15.5. The number of nitrogens with one attached hydrogen (secondary N) is 1. The van der Waals surface area contributed by atoms with Crippen LogP contribution in [0, 0.1) is 0 Å². The predicted molar refractivity (Wildman–Crippen MR) is 120 cm³/mol. The zero-order valence-corrected chi connectivity index (χ0v) is 18.5. The number of methoxy groups -OCH3 is 3. The molecular formula is C23H29N3O6. The fraction of sp³-hybridized carbons (Fsp3) is 0.391. The van der Waals surface area contributed by atoms with E-state index in [0.29, 0.717) is 43.4 Å². The Hall–Kier alpha value is -3.46. The highest BCUT2D eigenvalue weighted by Gasteiger charge is 2.29. The van der Waals surface area contributed by atoms with E-state index in [0.717, 1.165) is 5.69 Å². The van der Waals surface area contributed by atoms with Crippen molar-refractivity contribution in [2.75, 3.05) is 59.0 Å². The van der Waals surface area contributed by atoms with E-state index in [1.54, 1.807) is 4.90 Å². The van der Waals surface area contributed by atoms with Crippen LogP contribution in [0.4, 0.5) is 5.69 Å². The van der Waals surface area contributed by atoms with Gasteiger partial charge in [0.15, 0.2) is 11.5 Å². The lowest BCUT2D eigenvalue weighted by atomic mass is 10.1. The van der Waals surface area contributed by atoms with Crippen molar-refractivity contribution < 1.29 is 28.9 Å². The topological polar surface area (TPSA) is 101 Å². The Morgan fingerprint density at radius 1 is 0.969 bits per heavy atom. The molecule has 1 aliphatic heterocycles. The van der Waals surface area contributed by atoms with Crippen LogP contribution in [0.3, 0.4) is 0 Å². The van der Waals surface area contributed by atoms with Crippen molar-refractivity contribution in [3.05, 3.63) is 48.0 Å². The number of carbonyl (C=O) groups is 2. The molecule has 0 bridgehead atoms. The number of nitrogens with zero attached hydrogens (tertiary/aromatic N) is 2. The molecule has 0 spiro atoms. The Kier molecular flexibility index (Phi) is 7.77. The number of para-hydroxylation sites is 1. The van der Waals surface area contributed by atoms with E-state index in [1.807, 2.05) is 30.3 Å². The number of benzene rings is 2. The Labute approximate surface area is 187 Å². The number of hydrogen-bond acceptors (Lipinski definition) is 7. The maximum Gasteiger partial charge on any atom is 0.252 e. The van der Waals surface area contributed by atoms with Crippen LogP contribution >= 0.6 is 0 Å². The molecule has 9 heteroatoms. The fourth-order valence-corrected chi connectivity index (χ4v) is 3.68. The first-order valence-corrected chi connectivity index (χ1v) is 10.3. The number of rotatable bonds is 8. The number of aliphatic hydroxyl groups is 1. The molecule has 9 nitrogen and oxygen atoms in total. The summed E-state index contributed by atoms with van der Waals surface area (Å²) in [7, 11) is 4.38. The van der Waals surface area contributed by atoms with Crippen LogP contribution in [-0.4, -0.2) is 82.0 Å². The molecule has 1 heterocycles. The molecule has 0 unspecified atom stereocenters. The van der Waals surface area contributed by atoms with Crippen LogP contribution in [0.1, 0.15) is 10.4 Å². The zero-order chi connectivity index (χ0) is 23.1. The second-order valence-corrected chi connectivity index (χ2v) is 7.27. The van der Waals surface area contributed by atoms with Gasteiger partial charge in [-0.15, -0.1) is 0 Å². The number of hydrogen-bond donors (Lipinski definition) is 2. The third kappa shape index (κ3) is 5.05. The monoisotopic (exact) mass is 443 g/mol. The molecule has 1 aliphatic rings. The molecule has 1 fully saturated rings. The maximum atomic E-state index is 12.9. The number of ether oxygens (including phenoxy) is 3. The molecule has 172 valence electrons. The highest BCUT2D eigenvalue weighted by Crippen LogP contribution is 2.38. The lowest BCUT2D eigenvalue weighted by Crippen LogP contribution is -2.56. The van der Waals surface area contributed by atoms with Crippen LogP contribution < -0.4 is 24.4 Å². The molecule has 0 aliphatic carbocycles. The highest BCUT2D eigenvalue weighted by atomic mass is 16.5. The molecule has 2 aromatic rings. The summed E-state index contributed by atoms with van der Waals surface area (Å²) < 4.78 is 15.8. The van der Waals surface area contributed by atoms with Crippen molar-refractivity contribution in [1.29, 1.82) is 0 Å². The van der Waals surface area contributed by atoms with Crippen molar-refractivity contribution in [2.24, 2.45) is 0 Å². The molecule has 1 saturated heterocycles. The maximum absolute atomic E-state index is 12.9. The van der Waals surface area contributed by atoms with Gasteiger partial charge in [0, 0.05) is 37.4 Å². The molecule has 2 amide bonds. The van der Waals surface area contributed by atoms with Gasteiger partial charge >= 0.3 is 0 Å². The first-order valence-electron chi connectivity index (χ1n) is 10.3. The second-order valence-electron chi connectivity index (χ2n) is 7.27. The van der Waals surface area contributed by atoms with Gasteiger partial charge in [0.05, 0.1) is 27.9 Å². The van der Waals surface area contributed by atoms with Crippen LogP contribution in [0.15, 0.2) is 42.5 Å². The van der Waals surface area contributed by atoms with Crippen LogP contribution in [-0.2, 0) is 4.79 Å². The Morgan fingerprint density at radius 2 is 1.56 bits per heavy atom. The van der Waals surface area contributed by atoms with E-state index in [1.165, 1.54) is 33.5 Å². The molecule has 0 saturated carbocycles. The van der Waals surface area contributed by atoms with Crippen LogP contribution in [0.25, 0.3) is 0 Å². The molecule has 2 N–H and O–H groups in total. The molecule has 32 heavy (non-hydrogen) atoms. The summed E-state index contributed by atoms with van der Waals surface area (Å²) >= 11 is 0. The fourth-order valence-electron chi connectivity index (χ4n) is 3.68. The zero-order valence-electron chi connectivity index (χ0n) is 18.5. The van der Waals surface area contributed by atoms with Gasteiger partial charge in [0.2, 0.25) is 11.7 Å². The lowest BCUT2D eigenvalue weighted by Gasteiger charge is -2.37. The van der Waals surface area contributed by atoms with Crippen molar-refractivity contribution >= 4 is 17.5 Å². The minimum atomic E-state index is -1.05. The van der Waals surface area contributed by atoms with Crippen LogP contribution in [0.2, 0.25) is 0 Å². The SMILES string of the molecule is COc1cc(C(=O)N[C@@H](CO)C(=O)N2CCN(c3ccccc3)CC2)cc(OC)c1OC. The summed E-state index contributed by atoms with van der Waals surface area (Å²) in [6.07, 6.45) is 0. The molecular weight excluding hydrogens is 414 g/mol. The van der Waals surface area contributed by atoms with Crippen molar-refractivity contribution in [1.82, 2.24) is 10.2 Å². The number of amides is 2. The summed E-state index contributed by atoms with van der Waals surface area (Å²) in [4.78, 5) is 29.6. The van der Waals surface area contributed by atoms with Gasteiger partial charge < -0.3 is 34.4 Å². The van der Waals surface area contributed by atoms with Crippen LogP contribution in [0.5, 0.6) is 17.2 Å². The first kappa shape index (κ1) is 23.2. The average molecular weight is 444 g/mol. The van der Waals surface area contributed by atoms with Gasteiger partial charge in [0.25, 0.3) is 5.91 Å². The van der Waals surface area contributed by atoms with E-state index in [-0.39, 0.29) is 11.5 Å². The summed E-state index contributed by atoms with van der Waals surface area (Å²) in [5, 5.41) is 12.4. The summed E-state index contributed by atoms with van der Waals surface area (Å²) in [5.41, 5.74) is 1.33. The second kappa shape index (κ2) is 10.7. The van der Waals surface area contributed by atoms with Gasteiger partial charge in [-0.25, -0.2) is 0 Å². The van der Waals surface area contributed by atoms with Crippen molar-refractivity contribution in [2.45, 2.75) is 6.04 Å². The smallest absolute Gasteiger partial charge is 0.252 e. The van der Waals surface area contributed by atoms with E-state index in [4.69, 9.17) is 14.2 Å². The number of piperazine rings is 1. The van der Waals surface area contributed by atoms with E-state index in [9.17, 15) is 14.7 Å². The number of aliphatic hydroxyl groups excluding tert-OH is 1. The molecule has 3 rings (SSSR count). The summed E-state index contributed by atoms with van der Waals surface area (Å²) in [6, 6.07) is 11.9. The molecule has 0 radical (unpaired) electrons. The minimum Gasteiger partial charge on any atom is -0.493 e. The highest BCUT2D eigenvalue weighted by molar-refractivity contribution is 5.98. The van der Waals surface area contributed by atoms with E-state index < -0.39 is 18.6 Å². The normalized spacial score (nSPS) is 14.5. The quantitative estimate of drug-likeness (QED) is 0.631. The third-order valence-corrected chi connectivity index (χ3v) is 5.43. The number of carbonyl (C=O) groups excluding carboxylic acids is 2. The number of anilines is 1. The summed E-state index contributed by atoms with van der Waals surface area (Å²) in [5.74, 6) is 0.153. The predicted octanol–water partition coefficient (Wildman–Crippen LogP) is 1.15. The molecule has 1 atom stereocenters. The van der Waals surface area contributed by atoms with Crippen molar-refractivity contribution in [3.8, 4) is 17.2 Å². The van der Waals surface area contributed by atoms with Gasteiger partial charge in [0.1, 0.15) is 6.04 Å². The third-order valence-electron chi connectivity index (χ3n) is 5.43. The van der Waals surface area contributed by atoms with Crippen molar-refractivity contribution in [3.63, 3.8) is 0 Å². The Balaban J connectivity index is 1.66. The Morgan fingerprint density at radius 3 is 2.06 bits per heavy atom. The Bertz CT molecular complexity index is 904. The molecule has 2 aromatic carbocycles.